The van der Waals surface area contributed by atoms with Crippen molar-refractivity contribution in [1.82, 2.24) is 15.3 Å². The lowest BCUT2D eigenvalue weighted by Crippen LogP contribution is -2.17. The predicted octanol–water partition coefficient (Wildman–Crippen LogP) is 4.14. The van der Waals surface area contributed by atoms with Gasteiger partial charge in [0, 0.05) is 42.2 Å². The molecule has 6 heteroatoms. The van der Waals surface area contributed by atoms with Crippen molar-refractivity contribution in [2.45, 2.75) is 19.4 Å². The largest absolute Gasteiger partial charge is 0.454 e. The zero-order valence-electron chi connectivity index (χ0n) is 16.4. The van der Waals surface area contributed by atoms with E-state index in [2.05, 4.69) is 15.3 Å². The molecule has 0 unspecified atom stereocenters. The maximum Gasteiger partial charge on any atom is 0.251 e. The fourth-order valence-electron chi connectivity index (χ4n) is 3.17. The first-order valence-electron chi connectivity index (χ1n) is 9.27. The van der Waals surface area contributed by atoms with E-state index in [-0.39, 0.29) is 5.91 Å². The lowest BCUT2D eigenvalue weighted by atomic mass is 10.00. The first-order valence-corrected chi connectivity index (χ1v) is 9.27. The molecular formula is C23H21N3O3. The fourth-order valence-corrected chi connectivity index (χ4v) is 3.17. The Bertz CT molecular complexity index is 1190. The molecular weight excluding hydrogens is 366 g/mol. The van der Waals surface area contributed by atoms with Crippen LogP contribution in [0.25, 0.3) is 33.6 Å². The van der Waals surface area contributed by atoms with Crippen LogP contribution < -0.4 is 5.32 Å². The number of aromatic nitrogens is 2. The maximum absolute atomic E-state index is 11.7. The van der Waals surface area contributed by atoms with Crippen LogP contribution >= 0.6 is 0 Å². The molecule has 0 saturated heterocycles. The van der Waals surface area contributed by atoms with Gasteiger partial charge in [-0.05, 0) is 49.7 Å². The van der Waals surface area contributed by atoms with E-state index in [4.69, 9.17) is 4.42 Å². The van der Waals surface area contributed by atoms with Crippen molar-refractivity contribution in [3.05, 3.63) is 72.2 Å². The summed E-state index contributed by atoms with van der Waals surface area (Å²) < 4.78 is 6.15. The topological polar surface area (TPSA) is 88.2 Å². The van der Waals surface area contributed by atoms with E-state index in [1.807, 2.05) is 36.4 Å². The summed E-state index contributed by atoms with van der Waals surface area (Å²) in [4.78, 5) is 20.4. The van der Waals surface area contributed by atoms with E-state index in [1.165, 1.54) is 0 Å². The van der Waals surface area contributed by atoms with Gasteiger partial charge in [0.1, 0.15) is 16.9 Å². The van der Waals surface area contributed by atoms with Crippen molar-refractivity contribution in [2.24, 2.45) is 0 Å². The molecule has 1 amide bonds. The van der Waals surface area contributed by atoms with Crippen LogP contribution in [0.2, 0.25) is 0 Å². The highest BCUT2D eigenvalue weighted by molar-refractivity contribution is 5.95. The zero-order chi connectivity index (χ0) is 20.6. The maximum atomic E-state index is 11.7. The molecule has 146 valence electrons. The van der Waals surface area contributed by atoms with E-state index < -0.39 is 5.60 Å². The molecule has 6 nitrogen and oxygen atoms in total. The molecule has 3 heterocycles. The van der Waals surface area contributed by atoms with Crippen LogP contribution in [-0.4, -0.2) is 28.0 Å². The molecule has 0 bridgehead atoms. The highest BCUT2D eigenvalue weighted by Gasteiger charge is 2.19. The molecule has 4 aromatic rings. The monoisotopic (exact) mass is 387 g/mol. The number of carbonyl (C=O) groups is 1. The van der Waals surface area contributed by atoms with E-state index >= 15 is 0 Å². The number of furan rings is 1. The van der Waals surface area contributed by atoms with Crippen LogP contribution in [0, 0.1) is 0 Å². The van der Waals surface area contributed by atoms with Gasteiger partial charge in [0.05, 0.1) is 5.69 Å². The second-order valence-corrected chi connectivity index (χ2v) is 7.33. The van der Waals surface area contributed by atoms with Gasteiger partial charge in [0.2, 0.25) is 0 Å². The van der Waals surface area contributed by atoms with Crippen LogP contribution in [-0.2, 0) is 5.60 Å². The van der Waals surface area contributed by atoms with Crippen molar-refractivity contribution >= 4 is 17.0 Å². The first-order chi connectivity index (χ1) is 13.9. The van der Waals surface area contributed by atoms with Crippen molar-refractivity contribution in [3.63, 3.8) is 0 Å². The van der Waals surface area contributed by atoms with Crippen molar-refractivity contribution in [1.29, 1.82) is 0 Å². The lowest BCUT2D eigenvalue weighted by molar-refractivity contribution is 0.0739. The number of hydrogen-bond acceptors (Lipinski definition) is 5. The standard InChI is InChI=1S/C23H21N3O3/c1-23(2,28)20-12-16(8-10-26-20)17-9-11-25-18-13-19(29-21(17)18)14-4-6-15(7-5-14)22(27)24-3/h4-13,28H,1-3H3,(H,24,27). The fraction of sp³-hybridized carbons (Fsp3) is 0.174. The van der Waals surface area contributed by atoms with E-state index in [0.717, 1.165) is 22.2 Å². The molecule has 3 aromatic heterocycles. The number of rotatable bonds is 4. The van der Waals surface area contributed by atoms with Gasteiger partial charge in [-0.2, -0.15) is 0 Å². The minimum Gasteiger partial charge on any atom is -0.454 e. The Morgan fingerprint density at radius 1 is 1.00 bits per heavy atom. The number of aliphatic hydroxyl groups is 1. The number of pyridine rings is 2. The normalized spacial score (nSPS) is 11.6. The SMILES string of the molecule is CNC(=O)c1ccc(-c2cc3nccc(-c4ccnc(C(C)(C)O)c4)c3o2)cc1. The molecule has 0 radical (unpaired) electrons. The molecule has 0 aliphatic heterocycles. The Morgan fingerprint density at radius 3 is 2.41 bits per heavy atom. The Hall–Kier alpha value is -3.51. The summed E-state index contributed by atoms with van der Waals surface area (Å²) in [6, 6.07) is 14.7. The Balaban J connectivity index is 1.78. The smallest absolute Gasteiger partial charge is 0.251 e. The summed E-state index contributed by atoms with van der Waals surface area (Å²) in [7, 11) is 1.60. The lowest BCUT2D eigenvalue weighted by Gasteiger charge is -2.17. The molecule has 2 N–H and O–H groups in total. The zero-order valence-corrected chi connectivity index (χ0v) is 16.4. The molecule has 0 atom stereocenters. The third-order valence-corrected chi connectivity index (χ3v) is 4.77. The van der Waals surface area contributed by atoms with Gasteiger partial charge in [0.15, 0.2) is 5.58 Å². The van der Waals surface area contributed by atoms with Crippen molar-refractivity contribution in [3.8, 4) is 22.5 Å². The number of nitrogens with one attached hydrogen (secondary N) is 1. The predicted molar refractivity (Wildman–Crippen MR) is 111 cm³/mol. The molecule has 29 heavy (non-hydrogen) atoms. The molecule has 4 rings (SSSR count). The molecule has 0 spiro atoms. The van der Waals surface area contributed by atoms with Gasteiger partial charge < -0.3 is 14.8 Å². The number of fused-ring (bicyclic) bond motifs is 1. The van der Waals surface area contributed by atoms with Gasteiger partial charge in [0.25, 0.3) is 5.91 Å². The van der Waals surface area contributed by atoms with Gasteiger partial charge in [-0.15, -0.1) is 0 Å². The van der Waals surface area contributed by atoms with Crippen LogP contribution in [0.1, 0.15) is 29.9 Å². The van der Waals surface area contributed by atoms with Crippen LogP contribution in [0.4, 0.5) is 0 Å². The first kappa shape index (κ1) is 18.8. The molecule has 0 saturated carbocycles. The third kappa shape index (κ3) is 3.62. The Morgan fingerprint density at radius 2 is 1.72 bits per heavy atom. The van der Waals surface area contributed by atoms with Gasteiger partial charge in [-0.3, -0.25) is 14.8 Å². The summed E-state index contributed by atoms with van der Waals surface area (Å²) in [5.41, 5.74) is 4.13. The summed E-state index contributed by atoms with van der Waals surface area (Å²) in [5, 5.41) is 12.9. The number of amides is 1. The molecule has 0 aliphatic carbocycles. The van der Waals surface area contributed by atoms with E-state index in [1.54, 1.807) is 45.4 Å². The Kier molecular flexibility index (Phi) is 4.64. The highest BCUT2D eigenvalue weighted by Crippen LogP contribution is 2.34. The van der Waals surface area contributed by atoms with E-state index in [9.17, 15) is 9.90 Å². The van der Waals surface area contributed by atoms with Crippen molar-refractivity contribution in [2.75, 3.05) is 7.05 Å². The molecule has 0 aliphatic rings. The summed E-state index contributed by atoms with van der Waals surface area (Å²) >= 11 is 0. The van der Waals surface area contributed by atoms with Gasteiger partial charge in [-0.1, -0.05) is 12.1 Å². The second-order valence-electron chi connectivity index (χ2n) is 7.33. The molecule has 0 fully saturated rings. The second kappa shape index (κ2) is 7.14. The molecule has 1 aromatic carbocycles. The average molecular weight is 387 g/mol. The Labute approximate surface area is 168 Å². The van der Waals surface area contributed by atoms with Crippen LogP contribution in [0.3, 0.4) is 0 Å². The van der Waals surface area contributed by atoms with Crippen LogP contribution in [0.5, 0.6) is 0 Å². The highest BCUT2D eigenvalue weighted by atomic mass is 16.3. The number of benzene rings is 1. The van der Waals surface area contributed by atoms with Crippen molar-refractivity contribution < 1.29 is 14.3 Å². The number of nitrogens with zero attached hydrogens (tertiary/aromatic N) is 2. The quantitative estimate of drug-likeness (QED) is 0.549. The minimum absolute atomic E-state index is 0.134. The van der Waals surface area contributed by atoms with E-state index in [0.29, 0.717) is 22.6 Å². The van der Waals surface area contributed by atoms with Crippen LogP contribution in [0.15, 0.2) is 65.3 Å². The number of hydrogen-bond donors (Lipinski definition) is 2. The van der Waals surface area contributed by atoms with Gasteiger partial charge in [-0.25, -0.2) is 0 Å². The summed E-state index contributed by atoms with van der Waals surface area (Å²) in [6.07, 6.45) is 3.41. The number of carbonyl (C=O) groups excluding carboxylic acids is 1. The minimum atomic E-state index is -1.04. The summed E-state index contributed by atoms with van der Waals surface area (Å²) in [6.45, 7) is 3.41. The third-order valence-electron chi connectivity index (χ3n) is 4.77. The average Bonchev–Trinajstić information content (AvgIpc) is 3.17. The van der Waals surface area contributed by atoms with Gasteiger partial charge >= 0.3 is 0 Å². The summed E-state index contributed by atoms with van der Waals surface area (Å²) in [5.74, 6) is 0.533.